The molecule has 0 saturated carbocycles. The van der Waals surface area contributed by atoms with Crippen LogP contribution in [-0.2, 0) is 15.0 Å². The minimum Gasteiger partial charge on any atom is -0.343 e. The zero-order chi connectivity index (χ0) is 24.4. The lowest BCUT2D eigenvalue weighted by atomic mass is 9.99. The van der Waals surface area contributed by atoms with Gasteiger partial charge in [-0.05, 0) is 42.5 Å². The number of benzene rings is 1. The summed E-state index contributed by atoms with van der Waals surface area (Å²) in [6.07, 6.45) is 0.582. The van der Waals surface area contributed by atoms with Crippen molar-refractivity contribution in [3.63, 3.8) is 0 Å². The normalized spacial score (nSPS) is 18.1. The Balaban J connectivity index is 1.69. The monoisotopic (exact) mass is 485 g/mol. The fourth-order valence-electron chi connectivity index (χ4n) is 4.01. The highest BCUT2D eigenvalue weighted by atomic mass is 32.3. The number of halogens is 3. The van der Waals surface area contributed by atoms with Crippen molar-refractivity contribution in [1.29, 1.82) is 0 Å². The molecule has 1 unspecified atom stereocenters. The first kappa shape index (κ1) is 24.9. The van der Waals surface area contributed by atoms with E-state index in [0.717, 1.165) is 10.5 Å². The fourth-order valence-corrected chi connectivity index (χ4v) is 4.52. The van der Waals surface area contributed by atoms with Gasteiger partial charge >= 0.3 is 10.2 Å². The SMILES string of the molecule is CC(C)c1ccc2nccc(C(=O)NCC(=O)N3CC(F)(F)CC3CCCS(=O)(=O)F)c2c1. The first-order chi connectivity index (χ1) is 15.4. The van der Waals surface area contributed by atoms with Crippen molar-refractivity contribution >= 4 is 32.9 Å². The van der Waals surface area contributed by atoms with Gasteiger partial charge in [0.1, 0.15) is 0 Å². The van der Waals surface area contributed by atoms with Crippen LogP contribution in [0.5, 0.6) is 0 Å². The molecular weight excluding hydrogens is 459 g/mol. The molecule has 1 aromatic heterocycles. The van der Waals surface area contributed by atoms with Crippen LogP contribution < -0.4 is 5.32 Å². The smallest absolute Gasteiger partial charge is 0.302 e. The van der Waals surface area contributed by atoms with Crippen LogP contribution >= 0.6 is 0 Å². The maximum Gasteiger partial charge on any atom is 0.302 e. The van der Waals surface area contributed by atoms with E-state index < -0.39 is 59.3 Å². The summed E-state index contributed by atoms with van der Waals surface area (Å²) in [4.78, 5) is 30.6. The molecule has 1 N–H and O–H groups in total. The first-order valence-corrected chi connectivity index (χ1v) is 12.2. The maximum absolute atomic E-state index is 13.9. The number of nitrogens with one attached hydrogen (secondary N) is 1. The molecule has 0 radical (unpaired) electrons. The molecular formula is C22H26F3N3O4S. The Kier molecular flexibility index (Phi) is 7.30. The van der Waals surface area contributed by atoms with Crippen molar-refractivity contribution < 1.29 is 30.7 Å². The molecule has 0 bridgehead atoms. The first-order valence-electron chi connectivity index (χ1n) is 10.6. The standard InChI is InChI=1S/C22H26F3N3O4S/c1-14(2)15-5-6-19-18(10-15)17(7-8-26-19)21(30)27-12-20(29)28-13-22(23,24)11-16(28)4-3-9-33(25,31)32/h5-8,10,14,16H,3-4,9,11-13H2,1-2H3,(H,27,30). The molecule has 2 heterocycles. The van der Waals surface area contributed by atoms with Gasteiger partial charge in [-0.15, -0.1) is 3.89 Å². The van der Waals surface area contributed by atoms with Crippen molar-refractivity contribution in [2.45, 2.75) is 51.0 Å². The summed E-state index contributed by atoms with van der Waals surface area (Å²) in [5, 5.41) is 3.10. The number of aromatic nitrogens is 1. The molecule has 1 aliphatic rings. The molecule has 1 fully saturated rings. The molecule has 180 valence electrons. The largest absolute Gasteiger partial charge is 0.343 e. The Hall–Kier alpha value is -2.69. The molecule has 1 saturated heterocycles. The number of hydrogen-bond acceptors (Lipinski definition) is 5. The van der Waals surface area contributed by atoms with E-state index in [-0.39, 0.29) is 18.8 Å². The van der Waals surface area contributed by atoms with Crippen molar-refractivity contribution in [2.24, 2.45) is 0 Å². The van der Waals surface area contributed by atoms with Crippen molar-refractivity contribution in [3.8, 4) is 0 Å². The third-order valence-corrected chi connectivity index (χ3v) is 6.48. The Morgan fingerprint density at radius 1 is 1.27 bits per heavy atom. The Morgan fingerprint density at radius 3 is 2.67 bits per heavy atom. The Bertz CT molecular complexity index is 1150. The number of carbonyl (C=O) groups excluding carboxylic acids is 2. The minimum atomic E-state index is -4.71. The summed E-state index contributed by atoms with van der Waals surface area (Å²) in [7, 11) is -4.71. The summed E-state index contributed by atoms with van der Waals surface area (Å²) in [5.41, 5.74) is 1.94. The topological polar surface area (TPSA) is 96.4 Å². The van der Waals surface area contributed by atoms with Crippen LogP contribution in [0.1, 0.15) is 54.9 Å². The zero-order valence-electron chi connectivity index (χ0n) is 18.4. The van der Waals surface area contributed by atoms with Crippen LogP contribution in [0.2, 0.25) is 0 Å². The maximum atomic E-state index is 13.9. The number of fused-ring (bicyclic) bond motifs is 1. The second kappa shape index (κ2) is 9.66. The van der Waals surface area contributed by atoms with E-state index in [1.807, 2.05) is 26.0 Å². The highest BCUT2D eigenvalue weighted by Gasteiger charge is 2.46. The average Bonchev–Trinajstić information content (AvgIpc) is 3.04. The van der Waals surface area contributed by atoms with Gasteiger partial charge in [0.2, 0.25) is 5.91 Å². The zero-order valence-corrected chi connectivity index (χ0v) is 19.2. The van der Waals surface area contributed by atoms with E-state index in [1.54, 1.807) is 6.07 Å². The molecule has 33 heavy (non-hydrogen) atoms. The lowest BCUT2D eigenvalue weighted by Crippen LogP contribution is -2.43. The summed E-state index contributed by atoms with van der Waals surface area (Å²) in [6, 6.07) is 6.19. The Labute approximate surface area is 190 Å². The molecule has 1 aromatic carbocycles. The van der Waals surface area contributed by atoms with E-state index in [0.29, 0.717) is 16.5 Å². The summed E-state index contributed by atoms with van der Waals surface area (Å²) < 4.78 is 61.9. The van der Waals surface area contributed by atoms with Gasteiger partial charge in [0.25, 0.3) is 11.8 Å². The lowest BCUT2D eigenvalue weighted by molar-refractivity contribution is -0.132. The van der Waals surface area contributed by atoms with Gasteiger partial charge in [-0.2, -0.15) is 8.42 Å². The van der Waals surface area contributed by atoms with E-state index in [9.17, 15) is 30.7 Å². The predicted octanol–water partition coefficient (Wildman–Crippen LogP) is 3.40. The number of carbonyl (C=O) groups is 2. The van der Waals surface area contributed by atoms with Gasteiger partial charge < -0.3 is 10.2 Å². The van der Waals surface area contributed by atoms with Gasteiger partial charge in [0, 0.05) is 24.0 Å². The molecule has 11 heteroatoms. The molecule has 2 aromatic rings. The number of amides is 2. The molecule has 3 rings (SSSR count). The number of alkyl halides is 2. The quantitative estimate of drug-likeness (QED) is 0.578. The van der Waals surface area contributed by atoms with Gasteiger partial charge in [-0.1, -0.05) is 19.9 Å². The van der Waals surface area contributed by atoms with E-state index >= 15 is 0 Å². The van der Waals surface area contributed by atoms with Crippen LogP contribution in [0, 0.1) is 0 Å². The molecule has 2 amide bonds. The fraction of sp³-hybridized carbons (Fsp3) is 0.500. The highest BCUT2D eigenvalue weighted by molar-refractivity contribution is 7.86. The third-order valence-electron chi connectivity index (χ3n) is 5.70. The predicted molar refractivity (Wildman–Crippen MR) is 117 cm³/mol. The number of hydrogen-bond donors (Lipinski definition) is 1. The van der Waals surface area contributed by atoms with Crippen molar-refractivity contribution in [1.82, 2.24) is 15.2 Å². The second-order valence-electron chi connectivity index (χ2n) is 8.59. The van der Waals surface area contributed by atoms with Crippen LogP contribution in [0.4, 0.5) is 12.7 Å². The summed E-state index contributed by atoms with van der Waals surface area (Å²) >= 11 is 0. The van der Waals surface area contributed by atoms with Crippen LogP contribution in [0.25, 0.3) is 10.9 Å². The van der Waals surface area contributed by atoms with Crippen LogP contribution in [0.15, 0.2) is 30.5 Å². The number of pyridine rings is 1. The number of rotatable bonds is 8. The molecule has 1 atom stereocenters. The minimum absolute atomic E-state index is 0.0780. The van der Waals surface area contributed by atoms with Crippen LogP contribution in [-0.4, -0.2) is 60.9 Å². The molecule has 0 aliphatic carbocycles. The van der Waals surface area contributed by atoms with Gasteiger partial charge in [0.15, 0.2) is 0 Å². The summed E-state index contributed by atoms with van der Waals surface area (Å²) in [6.45, 7) is 2.70. The van der Waals surface area contributed by atoms with E-state index in [4.69, 9.17) is 0 Å². The van der Waals surface area contributed by atoms with E-state index in [1.165, 1.54) is 12.3 Å². The van der Waals surface area contributed by atoms with Gasteiger partial charge in [0.05, 0.1) is 29.9 Å². The number of nitrogens with zero attached hydrogens (tertiary/aromatic N) is 2. The van der Waals surface area contributed by atoms with Crippen molar-refractivity contribution in [3.05, 3.63) is 41.6 Å². The van der Waals surface area contributed by atoms with Crippen molar-refractivity contribution in [2.75, 3.05) is 18.8 Å². The number of likely N-dealkylation sites (tertiary alicyclic amines) is 1. The van der Waals surface area contributed by atoms with Gasteiger partial charge in [-0.3, -0.25) is 14.6 Å². The van der Waals surface area contributed by atoms with Crippen LogP contribution in [0.3, 0.4) is 0 Å². The highest BCUT2D eigenvalue weighted by Crippen LogP contribution is 2.34. The third kappa shape index (κ3) is 6.43. The second-order valence-corrected chi connectivity index (χ2v) is 10.1. The van der Waals surface area contributed by atoms with E-state index in [2.05, 4.69) is 10.3 Å². The average molecular weight is 486 g/mol. The lowest BCUT2D eigenvalue weighted by Gasteiger charge is -2.24. The molecule has 0 spiro atoms. The van der Waals surface area contributed by atoms with Gasteiger partial charge in [-0.25, -0.2) is 8.78 Å². The Morgan fingerprint density at radius 2 is 2.00 bits per heavy atom. The summed E-state index contributed by atoms with van der Waals surface area (Å²) in [5.74, 6) is -4.94. The molecule has 7 nitrogen and oxygen atoms in total. The molecule has 1 aliphatic heterocycles.